The quantitative estimate of drug-likeness (QED) is 0.187. The number of piperazine rings is 1. The Morgan fingerprint density at radius 2 is 1.74 bits per heavy atom. The SMILES string of the molecule is CC(=O)N1CCN(c2nc(NCCC(=O)N(C)CCCc3cccc4c3C(=O)N(C3CCC(=O)NC3=O)C4=O)nc3c(F)c(-c4c(O)cccc4F)c(Cl)cc23)CC1. The molecule has 58 heavy (non-hydrogen) atoms. The van der Waals surface area contributed by atoms with Crippen LogP contribution < -0.4 is 15.5 Å². The van der Waals surface area contributed by atoms with Gasteiger partial charge in [0.15, 0.2) is 5.82 Å². The smallest absolute Gasteiger partial charge is 0.262 e. The van der Waals surface area contributed by atoms with Crippen LogP contribution in [0.15, 0.2) is 42.5 Å². The molecule has 3 aliphatic heterocycles. The summed E-state index contributed by atoms with van der Waals surface area (Å²) in [7, 11) is 1.63. The number of fused-ring (bicyclic) bond motifs is 2. The number of nitrogens with one attached hydrogen (secondary N) is 2. The highest BCUT2D eigenvalue weighted by Crippen LogP contribution is 2.42. The fourth-order valence-electron chi connectivity index (χ4n) is 7.62. The van der Waals surface area contributed by atoms with Crippen LogP contribution in [-0.4, -0.2) is 118 Å². The van der Waals surface area contributed by atoms with Gasteiger partial charge in [0.2, 0.25) is 29.6 Å². The average Bonchev–Trinajstić information content (AvgIpc) is 3.44. The fourth-order valence-corrected chi connectivity index (χ4v) is 7.91. The van der Waals surface area contributed by atoms with Gasteiger partial charge in [0.25, 0.3) is 11.8 Å². The van der Waals surface area contributed by atoms with Gasteiger partial charge in [-0.3, -0.25) is 39.0 Å². The summed E-state index contributed by atoms with van der Waals surface area (Å²) in [5, 5.41) is 15.7. The molecule has 0 spiro atoms. The van der Waals surface area contributed by atoms with Gasteiger partial charge >= 0.3 is 0 Å². The molecule has 0 bridgehead atoms. The zero-order valence-corrected chi connectivity index (χ0v) is 32.4. The molecule has 2 saturated heterocycles. The Bertz CT molecular complexity index is 2370. The average molecular weight is 817 g/mol. The fraction of sp³-hybridized carbons (Fsp3) is 0.350. The van der Waals surface area contributed by atoms with E-state index in [1.165, 1.54) is 36.1 Å². The third-order valence-electron chi connectivity index (χ3n) is 10.7. The molecule has 4 heterocycles. The lowest BCUT2D eigenvalue weighted by molar-refractivity contribution is -0.136. The summed E-state index contributed by atoms with van der Waals surface area (Å²) in [5.41, 5.74) is 0.00624. The molecule has 0 saturated carbocycles. The molecule has 3 aromatic carbocycles. The molecule has 6 amide bonds. The maximum atomic E-state index is 16.4. The minimum Gasteiger partial charge on any atom is -0.507 e. The van der Waals surface area contributed by atoms with Gasteiger partial charge in [0, 0.05) is 77.0 Å². The van der Waals surface area contributed by atoms with E-state index in [-0.39, 0.29) is 76.2 Å². The number of carbonyl (C=O) groups excluding carboxylic acids is 6. The van der Waals surface area contributed by atoms with Gasteiger partial charge in [0.1, 0.15) is 28.9 Å². The van der Waals surface area contributed by atoms with Crippen LogP contribution in [0.25, 0.3) is 22.0 Å². The second-order valence-electron chi connectivity index (χ2n) is 14.3. The van der Waals surface area contributed by atoms with Crippen LogP contribution in [0.3, 0.4) is 0 Å². The van der Waals surface area contributed by atoms with Crippen molar-refractivity contribution in [2.24, 2.45) is 0 Å². The molecule has 0 radical (unpaired) electrons. The molecule has 7 rings (SSSR count). The maximum absolute atomic E-state index is 16.4. The number of aromatic hydroxyl groups is 1. The van der Waals surface area contributed by atoms with Gasteiger partial charge < -0.3 is 25.1 Å². The Morgan fingerprint density at radius 1 is 1.00 bits per heavy atom. The highest BCUT2D eigenvalue weighted by Gasteiger charge is 2.45. The van der Waals surface area contributed by atoms with Crippen LogP contribution in [0, 0.1) is 11.6 Å². The van der Waals surface area contributed by atoms with Gasteiger partial charge in [-0.15, -0.1) is 0 Å². The first-order valence-electron chi connectivity index (χ1n) is 18.7. The summed E-state index contributed by atoms with van der Waals surface area (Å²) in [6.07, 6.45) is 0.867. The molecule has 4 aromatic rings. The van der Waals surface area contributed by atoms with E-state index in [9.17, 15) is 38.3 Å². The number of hydrogen-bond acceptors (Lipinski definition) is 11. The number of phenolic OH excluding ortho intramolecular Hbond substituents is 1. The van der Waals surface area contributed by atoms with E-state index in [4.69, 9.17) is 11.6 Å². The van der Waals surface area contributed by atoms with Crippen LogP contribution in [0.5, 0.6) is 5.75 Å². The lowest BCUT2D eigenvalue weighted by atomic mass is 9.99. The van der Waals surface area contributed by atoms with E-state index >= 15 is 4.39 Å². The zero-order chi connectivity index (χ0) is 41.4. The second kappa shape index (κ2) is 16.3. The number of anilines is 2. The standard InChI is InChI=1S/C40H39ClF2N8O7/c1-21(52)49-16-18-50(19-17-49)36-24-20-25(41)32(33-26(42)9-4-10-28(33)53)34(43)35(24)46-40(47-36)44-14-13-30(55)48(2)15-5-7-22-6-3-8-23-31(22)39(58)51(38(23)57)27-11-12-29(54)45-37(27)56/h3-4,6,8-10,20,27,53H,5,7,11-19H2,1-2H3,(H,44,46,47)(H,45,54,56). The molecule has 1 unspecified atom stereocenters. The Labute approximate surface area is 335 Å². The zero-order valence-electron chi connectivity index (χ0n) is 31.6. The van der Waals surface area contributed by atoms with Crippen LogP contribution >= 0.6 is 11.6 Å². The predicted octanol–water partition coefficient (Wildman–Crippen LogP) is 3.90. The van der Waals surface area contributed by atoms with E-state index in [0.717, 1.165) is 11.0 Å². The summed E-state index contributed by atoms with van der Waals surface area (Å²) in [4.78, 5) is 91.0. The number of aryl methyl sites for hydroxylation is 1. The summed E-state index contributed by atoms with van der Waals surface area (Å²) < 4.78 is 31.4. The van der Waals surface area contributed by atoms with Crippen molar-refractivity contribution in [3.05, 3.63) is 75.8 Å². The van der Waals surface area contributed by atoms with E-state index in [0.29, 0.717) is 56.9 Å². The molecule has 18 heteroatoms. The molecule has 1 atom stereocenters. The summed E-state index contributed by atoms with van der Waals surface area (Å²) in [6.45, 7) is 3.37. The van der Waals surface area contributed by atoms with E-state index in [2.05, 4.69) is 20.6 Å². The molecule has 3 aliphatic rings. The Hall–Kier alpha value is -6.23. The highest BCUT2D eigenvalue weighted by molar-refractivity contribution is 6.34. The van der Waals surface area contributed by atoms with Crippen LogP contribution in [0.1, 0.15) is 58.9 Å². The van der Waals surface area contributed by atoms with Crippen molar-refractivity contribution in [2.45, 2.75) is 45.1 Å². The van der Waals surface area contributed by atoms with Crippen LogP contribution in [0.4, 0.5) is 20.5 Å². The monoisotopic (exact) mass is 816 g/mol. The van der Waals surface area contributed by atoms with Gasteiger partial charge in [-0.1, -0.05) is 29.8 Å². The van der Waals surface area contributed by atoms with E-state index in [1.807, 2.05) is 4.90 Å². The summed E-state index contributed by atoms with van der Waals surface area (Å²) >= 11 is 6.55. The number of carbonyl (C=O) groups is 6. The first kappa shape index (κ1) is 40.0. The van der Waals surface area contributed by atoms with Crippen LogP contribution in [-0.2, 0) is 25.6 Å². The Balaban J connectivity index is 1.03. The summed E-state index contributed by atoms with van der Waals surface area (Å²) in [6, 6.07) is 8.83. The molecule has 15 nitrogen and oxygen atoms in total. The number of phenols is 1. The van der Waals surface area contributed by atoms with Crippen molar-refractivity contribution < 1.29 is 42.7 Å². The molecule has 1 aromatic heterocycles. The third kappa shape index (κ3) is 7.60. The minimum absolute atomic E-state index is 0.00337. The largest absolute Gasteiger partial charge is 0.507 e. The lowest BCUT2D eigenvalue weighted by Crippen LogP contribution is -2.54. The number of rotatable bonds is 11. The number of amides is 6. The van der Waals surface area contributed by atoms with Crippen molar-refractivity contribution in [1.29, 1.82) is 0 Å². The first-order chi connectivity index (χ1) is 27.7. The number of halogens is 3. The molecule has 2 fully saturated rings. The number of aromatic nitrogens is 2. The van der Waals surface area contributed by atoms with E-state index in [1.54, 1.807) is 24.1 Å². The topological polar surface area (TPSA) is 185 Å². The van der Waals surface area contributed by atoms with E-state index < -0.39 is 52.6 Å². The first-order valence-corrected chi connectivity index (χ1v) is 19.1. The highest BCUT2D eigenvalue weighted by atomic mass is 35.5. The van der Waals surface area contributed by atoms with Gasteiger partial charge in [0.05, 0.1) is 21.7 Å². The van der Waals surface area contributed by atoms with Gasteiger partial charge in [-0.05, 0) is 49.1 Å². The van der Waals surface area contributed by atoms with Crippen molar-refractivity contribution in [3.8, 4) is 16.9 Å². The number of imide groups is 2. The molecular weight excluding hydrogens is 778 g/mol. The second-order valence-corrected chi connectivity index (χ2v) is 14.7. The lowest BCUT2D eigenvalue weighted by Gasteiger charge is -2.35. The van der Waals surface area contributed by atoms with Crippen molar-refractivity contribution >= 4 is 69.7 Å². The normalized spacial score (nSPS) is 16.8. The number of hydrogen-bond donors (Lipinski definition) is 3. The minimum atomic E-state index is -1.08. The Morgan fingerprint density at radius 3 is 2.45 bits per heavy atom. The van der Waals surface area contributed by atoms with Crippen molar-refractivity contribution in [1.82, 2.24) is 30.0 Å². The van der Waals surface area contributed by atoms with Gasteiger partial charge in [-0.2, -0.15) is 4.98 Å². The molecule has 302 valence electrons. The Kier molecular flexibility index (Phi) is 11.3. The number of nitrogens with zero attached hydrogens (tertiary/aromatic N) is 6. The number of piperidine rings is 1. The third-order valence-corrected chi connectivity index (χ3v) is 11.0. The summed E-state index contributed by atoms with van der Waals surface area (Å²) in [5.74, 6) is -4.73. The molecule has 0 aliphatic carbocycles. The van der Waals surface area contributed by atoms with Crippen molar-refractivity contribution in [3.63, 3.8) is 0 Å². The predicted molar refractivity (Wildman–Crippen MR) is 208 cm³/mol. The number of benzene rings is 3. The van der Waals surface area contributed by atoms with Crippen molar-refractivity contribution in [2.75, 3.05) is 56.5 Å². The molecule has 3 N–H and O–H groups in total. The van der Waals surface area contributed by atoms with Crippen LogP contribution in [0.2, 0.25) is 5.02 Å². The molecular formula is C40H39ClF2N8O7. The van der Waals surface area contributed by atoms with Gasteiger partial charge in [-0.25, -0.2) is 13.8 Å². The maximum Gasteiger partial charge on any atom is 0.262 e.